The molecule has 2 aromatic heterocycles. The van der Waals surface area contributed by atoms with E-state index in [1.54, 1.807) is 18.5 Å². The largest absolute Gasteiger partial charge is 0.397 e. The molecule has 184 valence electrons. The summed E-state index contributed by atoms with van der Waals surface area (Å²) in [6.07, 6.45) is 4.68. The third-order valence-electron chi connectivity index (χ3n) is 7.13. The third-order valence-corrected chi connectivity index (χ3v) is 7.13. The summed E-state index contributed by atoms with van der Waals surface area (Å²) in [4.78, 5) is 24.2. The number of aromatic nitrogens is 2. The molecule has 2 fully saturated rings. The summed E-state index contributed by atoms with van der Waals surface area (Å²) < 4.78 is 5.49. The number of carbonyl (C=O) groups is 1. The van der Waals surface area contributed by atoms with Gasteiger partial charge in [-0.05, 0) is 42.5 Å². The number of nitrogens with one attached hydrogen (secondary N) is 1. The summed E-state index contributed by atoms with van der Waals surface area (Å²) in [5.74, 6) is 0.0299. The predicted molar refractivity (Wildman–Crippen MR) is 136 cm³/mol. The summed E-state index contributed by atoms with van der Waals surface area (Å²) in [5, 5.41) is 14.1. The molecule has 0 bridgehead atoms. The number of ether oxygens (including phenoxy) is 1. The Balaban J connectivity index is 1.41. The summed E-state index contributed by atoms with van der Waals surface area (Å²) in [6, 6.07) is 9.44. The number of amides is 1. The van der Waals surface area contributed by atoms with Gasteiger partial charge in [-0.25, -0.2) is 4.98 Å². The number of pyridine rings is 2. The van der Waals surface area contributed by atoms with Crippen LogP contribution in [0.5, 0.6) is 0 Å². The molecule has 2 saturated heterocycles. The number of benzene rings is 1. The van der Waals surface area contributed by atoms with Gasteiger partial charge in [-0.3, -0.25) is 9.78 Å². The molecular weight excluding hydrogens is 444 g/mol. The number of nitrogens with zero attached hydrogens (tertiary/aromatic N) is 3. The molecule has 35 heavy (non-hydrogen) atoms. The number of rotatable bonds is 4. The zero-order valence-corrected chi connectivity index (χ0v) is 19.9. The lowest BCUT2D eigenvalue weighted by molar-refractivity contribution is 0.0785. The van der Waals surface area contributed by atoms with E-state index in [9.17, 15) is 9.90 Å². The van der Waals surface area contributed by atoms with E-state index in [0.717, 1.165) is 42.6 Å². The molecule has 5 rings (SSSR count). The molecule has 1 aromatic carbocycles. The molecule has 0 radical (unpaired) electrons. The van der Waals surface area contributed by atoms with Gasteiger partial charge in [-0.2, -0.15) is 0 Å². The molecule has 0 spiro atoms. The van der Waals surface area contributed by atoms with Crippen LogP contribution >= 0.6 is 0 Å². The zero-order valence-electron chi connectivity index (χ0n) is 19.9. The fourth-order valence-electron chi connectivity index (χ4n) is 5.12. The second-order valence-electron chi connectivity index (χ2n) is 9.65. The van der Waals surface area contributed by atoms with Crippen molar-refractivity contribution in [1.82, 2.24) is 9.97 Å². The van der Waals surface area contributed by atoms with Crippen LogP contribution in [0.15, 0.2) is 42.7 Å². The Labute approximate surface area is 204 Å². The quantitative estimate of drug-likeness (QED) is 0.450. The normalized spacial score (nSPS) is 23.4. The monoisotopic (exact) mass is 476 g/mol. The second-order valence-corrected chi connectivity index (χ2v) is 9.65. The number of nitrogens with two attached hydrogens (primary N) is 2. The number of anilines is 3. The number of hydrogen-bond acceptors (Lipinski definition) is 8. The maximum Gasteiger partial charge on any atom is 0.276 e. The molecule has 0 saturated carbocycles. The second kappa shape index (κ2) is 9.77. The van der Waals surface area contributed by atoms with Gasteiger partial charge in [0.1, 0.15) is 0 Å². The number of aliphatic hydroxyl groups excluding tert-OH is 1. The first-order chi connectivity index (χ1) is 16.9. The van der Waals surface area contributed by atoms with Gasteiger partial charge in [0.15, 0.2) is 5.69 Å². The molecule has 9 nitrogen and oxygen atoms in total. The lowest BCUT2D eigenvalue weighted by Gasteiger charge is -2.40. The number of aliphatic hydroxyl groups is 1. The van der Waals surface area contributed by atoms with E-state index < -0.39 is 12.0 Å². The van der Waals surface area contributed by atoms with Crippen LogP contribution in [0.25, 0.3) is 10.9 Å². The Morgan fingerprint density at radius 1 is 1.20 bits per heavy atom. The van der Waals surface area contributed by atoms with Crippen molar-refractivity contribution in [2.24, 2.45) is 11.7 Å². The van der Waals surface area contributed by atoms with Crippen molar-refractivity contribution < 1.29 is 14.6 Å². The number of hydrogen-bond donors (Lipinski definition) is 4. The fraction of sp³-hybridized carbons (Fsp3) is 0.423. The summed E-state index contributed by atoms with van der Waals surface area (Å²) in [5.41, 5.74) is 16.2. The SMILES string of the molecule is CC1CN(c2ccncc2NC(=O)c2nc3cc(C4CCOCC4)ccc3cc2N)CC(N)C1O. The number of nitrogen functional groups attached to an aromatic ring is 1. The highest BCUT2D eigenvalue weighted by Gasteiger charge is 2.32. The van der Waals surface area contributed by atoms with Crippen LogP contribution in [0.4, 0.5) is 17.1 Å². The van der Waals surface area contributed by atoms with Gasteiger partial charge in [0.2, 0.25) is 0 Å². The van der Waals surface area contributed by atoms with Crippen LogP contribution in [0.1, 0.15) is 41.7 Å². The first-order valence-electron chi connectivity index (χ1n) is 12.1. The lowest BCUT2D eigenvalue weighted by atomic mass is 9.91. The molecular formula is C26H32N6O3. The van der Waals surface area contributed by atoms with Crippen LogP contribution in [-0.4, -0.2) is 59.4 Å². The van der Waals surface area contributed by atoms with Crippen molar-refractivity contribution in [1.29, 1.82) is 0 Å². The average Bonchev–Trinajstić information content (AvgIpc) is 2.87. The van der Waals surface area contributed by atoms with Crippen molar-refractivity contribution in [3.05, 3.63) is 54.0 Å². The molecule has 9 heteroatoms. The van der Waals surface area contributed by atoms with E-state index in [-0.39, 0.29) is 17.7 Å². The molecule has 1 amide bonds. The number of fused-ring (bicyclic) bond motifs is 1. The van der Waals surface area contributed by atoms with E-state index in [1.807, 2.05) is 19.1 Å². The predicted octanol–water partition coefficient (Wildman–Crippen LogP) is 2.50. The highest BCUT2D eigenvalue weighted by atomic mass is 16.5. The van der Waals surface area contributed by atoms with Crippen molar-refractivity contribution in [3.8, 4) is 0 Å². The van der Waals surface area contributed by atoms with E-state index in [1.165, 1.54) is 5.56 Å². The topological polar surface area (TPSA) is 140 Å². The van der Waals surface area contributed by atoms with Crippen molar-refractivity contribution in [2.45, 2.75) is 37.8 Å². The Hall–Kier alpha value is -3.27. The maximum atomic E-state index is 13.3. The van der Waals surface area contributed by atoms with E-state index in [4.69, 9.17) is 16.2 Å². The Morgan fingerprint density at radius 3 is 2.77 bits per heavy atom. The molecule has 6 N–H and O–H groups in total. The smallest absolute Gasteiger partial charge is 0.276 e. The Kier molecular flexibility index (Phi) is 6.55. The first-order valence-corrected chi connectivity index (χ1v) is 12.1. The third kappa shape index (κ3) is 4.80. The highest BCUT2D eigenvalue weighted by molar-refractivity contribution is 6.09. The van der Waals surface area contributed by atoms with Crippen LogP contribution < -0.4 is 21.7 Å². The Morgan fingerprint density at radius 2 is 2.00 bits per heavy atom. The van der Waals surface area contributed by atoms with Gasteiger partial charge in [0.25, 0.3) is 5.91 Å². The van der Waals surface area contributed by atoms with Crippen molar-refractivity contribution >= 4 is 33.9 Å². The standard InChI is InChI=1S/C26H32N6O3/c1-15-13-32(14-20(28)25(15)33)23-4-7-29-12-22(23)31-26(34)24-19(27)10-18-3-2-17(11-21(18)30-24)16-5-8-35-9-6-16/h2-4,7,10-12,15-16,20,25,33H,5-6,8-9,13-14,27-28H2,1H3,(H,31,34). The van der Waals surface area contributed by atoms with Crippen molar-refractivity contribution in [3.63, 3.8) is 0 Å². The minimum atomic E-state index is -0.557. The van der Waals surface area contributed by atoms with Gasteiger partial charge < -0.3 is 31.5 Å². The molecule has 4 heterocycles. The fourth-order valence-corrected chi connectivity index (χ4v) is 5.12. The summed E-state index contributed by atoms with van der Waals surface area (Å²) in [6.45, 7) is 4.58. The minimum Gasteiger partial charge on any atom is -0.397 e. The van der Waals surface area contributed by atoms with Crippen LogP contribution in [0.3, 0.4) is 0 Å². The number of carbonyl (C=O) groups excluding carboxylic acids is 1. The van der Waals surface area contributed by atoms with Crippen LogP contribution in [0.2, 0.25) is 0 Å². The molecule has 3 atom stereocenters. The summed E-state index contributed by atoms with van der Waals surface area (Å²) in [7, 11) is 0. The zero-order chi connectivity index (χ0) is 24.5. The number of piperidine rings is 1. The van der Waals surface area contributed by atoms with E-state index in [2.05, 4.69) is 32.3 Å². The van der Waals surface area contributed by atoms with Gasteiger partial charge in [0, 0.05) is 49.8 Å². The van der Waals surface area contributed by atoms with Crippen LogP contribution in [-0.2, 0) is 4.74 Å². The molecule has 2 aliphatic heterocycles. The van der Waals surface area contributed by atoms with Crippen LogP contribution in [0, 0.1) is 5.92 Å². The maximum absolute atomic E-state index is 13.3. The molecule has 0 aliphatic carbocycles. The molecule has 2 aliphatic rings. The Bertz CT molecular complexity index is 1220. The molecule has 3 aromatic rings. The van der Waals surface area contributed by atoms with Gasteiger partial charge in [-0.1, -0.05) is 19.1 Å². The van der Waals surface area contributed by atoms with E-state index >= 15 is 0 Å². The van der Waals surface area contributed by atoms with Gasteiger partial charge in [0.05, 0.1) is 34.9 Å². The van der Waals surface area contributed by atoms with Crippen molar-refractivity contribution in [2.75, 3.05) is 42.3 Å². The summed E-state index contributed by atoms with van der Waals surface area (Å²) >= 11 is 0. The minimum absolute atomic E-state index is 0.00168. The van der Waals surface area contributed by atoms with Gasteiger partial charge >= 0.3 is 0 Å². The first kappa shape index (κ1) is 23.5. The average molecular weight is 477 g/mol. The lowest BCUT2D eigenvalue weighted by Crippen LogP contribution is -2.55. The highest BCUT2D eigenvalue weighted by Crippen LogP contribution is 2.32. The molecule has 3 unspecified atom stereocenters. The van der Waals surface area contributed by atoms with Gasteiger partial charge in [-0.15, -0.1) is 0 Å². The van der Waals surface area contributed by atoms with E-state index in [0.29, 0.717) is 30.4 Å².